The molecule has 0 aromatic heterocycles. The molecule has 3 rings (SSSR count). The van der Waals surface area contributed by atoms with Crippen molar-refractivity contribution in [2.45, 2.75) is 111 Å². The lowest BCUT2D eigenvalue weighted by Crippen LogP contribution is -2.70. The van der Waals surface area contributed by atoms with Crippen LogP contribution in [-0.2, 0) is 33.3 Å². The summed E-state index contributed by atoms with van der Waals surface area (Å²) >= 11 is 0. The van der Waals surface area contributed by atoms with Crippen molar-refractivity contribution in [3.63, 3.8) is 0 Å². The average molecular weight is 634 g/mol. The van der Waals surface area contributed by atoms with E-state index in [4.69, 9.17) is 23.7 Å². The molecule has 0 saturated carbocycles. The molecule has 3 heterocycles. The summed E-state index contributed by atoms with van der Waals surface area (Å²) in [6, 6.07) is -1.54. The Kier molecular flexibility index (Phi) is 12.1. The lowest BCUT2D eigenvalue weighted by atomic mass is 9.88. The monoisotopic (exact) mass is 633 g/mol. The molecule has 16 atom stereocenters. The van der Waals surface area contributed by atoms with Crippen LogP contribution in [0.25, 0.3) is 0 Å². The fourth-order valence-electron chi connectivity index (χ4n) is 5.16. The van der Waals surface area contributed by atoms with Crippen LogP contribution in [0.1, 0.15) is 13.3 Å². The van der Waals surface area contributed by atoms with E-state index in [2.05, 4.69) is 5.32 Å². The van der Waals surface area contributed by atoms with Crippen molar-refractivity contribution >= 4 is 11.9 Å². The molecule has 43 heavy (non-hydrogen) atoms. The summed E-state index contributed by atoms with van der Waals surface area (Å²) in [4.78, 5) is 24.3. The van der Waals surface area contributed by atoms with Crippen LogP contribution in [0.4, 0.5) is 0 Å². The molecule has 13 N–H and O–H groups in total. The van der Waals surface area contributed by atoms with Crippen molar-refractivity contribution in [3.05, 3.63) is 0 Å². The van der Waals surface area contributed by atoms with E-state index >= 15 is 0 Å². The second-order valence-corrected chi connectivity index (χ2v) is 10.5. The molecule has 3 saturated heterocycles. The van der Waals surface area contributed by atoms with Crippen LogP contribution in [0.15, 0.2) is 0 Å². The first-order chi connectivity index (χ1) is 20.1. The quantitative estimate of drug-likeness (QED) is 0.100. The largest absolute Gasteiger partial charge is 0.477 e. The fourth-order valence-corrected chi connectivity index (χ4v) is 5.16. The number of amides is 1. The molecule has 20 nitrogen and oxygen atoms in total. The minimum atomic E-state index is -3.02. The van der Waals surface area contributed by atoms with Crippen molar-refractivity contribution in [3.8, 4) is 0 Å². The van der Waals surface area contributed by atoms with Gasteiger partial charge in [0.2, 0.25) is 5.91 Å². The van der Waals surface area contributed by atoms with E-state index in [1.807, 2.05) is 0 Å². The van der Waals surface area contributed by atoms with Crippen LogP contribution in [0.5, 0.6) is 0 Å². The van der Waals surface area contributed by atoms with E-state index in [0.717, 1.165) is 6.92 Å². The van der Waals surface area contributed by atoms with Gasteiger partial charge in [-0.3, -0.25) is 4.79 Å². The highest BCUT2D eigenvalue weighted by Gasteiger charge is 2.60. The second-order valence-electron chi connectivity index (χ2n) is 10.5. The number of aliphatic hydroxyl groups excluding tert-OH is 11. The topological polar surface area (TPSA) is 335 Å². The lowest BCUT2D eigenvalue weighted by Gasteiger charge is -2.50. The molecule has 20 heteroatoms. The van der Waals surface area contributed by atoms with Crippen LogP contribution in [0.3, 0.4) is 0 Å². The summed E-state index contributed by atoms with van der Waals surface area (Å²) < 4.78 is 26.8. The predicted molar refractivity (Wildman–Crippen MR) is 130 cm³/mol. The second kappa shape index (κ2) is 14.6. The van der Waals surface area contributed by atoms with Gasteiger partial charge in [0.25, 0.3) is 5.79 Å². The standard InChI is InChI=1S/C23H39NO19/c1-6(28)24-11-7(29)2-23(22(37)38,42-18(11)12(31)8(30)3-25)43-19-13(32)9(4-26)40-21(16(19)35)41-17-10(5-27)39-20(36)15(34)14(17)33/h7-21,25-27,29-36H,2-5H2,1H3,(H,24,28)(H,37,38)/t7-,8-,9?,10?,11-,12-,13+,14?,15+,16+,17-,18?,19?,20-,21+,23+/m1/s1. The molecule has 0 aliphatic carbocycles. The average Bonchev–Trinajstić information content (AvgIpc) is 2.96. The maximum Gasteiger partial charge on any atom is 0.364 e. The maximum atomic E-state index is 12.5. The summed E-state index contributed by atoms with van der Waals surface area (Å²) in [6.07, 6.45) is -27.8. The van der Waals surface area contributed by atoms with Crippen LogP contribution < -0.4 is 5.32 Å². The van der Waals surface area contributed by atoms with Gasteiger partial charge in [0.15, 0.2) is 12.6 Å². The fraction of sp³-hybridized carbons (Fsp3) is 0.913. The number of nitrogens with one attached hydrogen (secondary N) is 1. The number of carbonyl (C=O) groups is 2. The zero-order valence-electron chi connectivity index (χ0n) is 22.7. The molecule has 0 aromatic carbocycles. The Morgan fingerprint density at radius 3 is 2.07 bits per heavy atom. The first-order valence-corrected chi connectivity index (χ1v) is 13.2. The van der Waals surface area contributed by atoms with Gasteiger partial charge in [0, 0.05) is 13.3 Å². The molecule has 250 valence electrons. The molecule has 0 aromatic rings. The van der Waals surface area contributed by atoms with E-state index in [9.17, 15) is 70.9 Å². The van der Waals surface area contributed by atoms with Gasteiger partial charge in [0.1, 0.15) is 67.1 Å². The highest BCUT2D eigenvalue weighted by molar-refractivity contribution is 5.76. The highest BCUT2D eigenvalue weighted by Crippen LogP contribution is 2.38. The van der Waals surface area contributed by atoms with Gasteiger partial charge in [-0.1, -0.05) is 0 Å². The van der Waals surface area contributed by atoms with Crippen molar-refractivity contribution in [1.29, 1.82) is 0 Å². The number of hydrogen-bond acceptors (Lipinski definition) is 18. The van der Waals surface area contributed by atoms with Gasteiger partial charge in [-0.2, -0.15) is 0 Å². The molecule has 3 fully saturated rings. The van der Waals surface area contributed by atoms with Crippen LogP contribution in [0.2, 0.25) is 0 Å². The van der Waals surface area contributed by atoms with E-state index in [1.54, 1.807) is 0 Å². The third-order valence-electron chi connectivity index (χ3n) is 7.47. The number of carboxylic acid groups (broad SMARTS) is 1. The van der Waals surface area contributed by atoms with Crippen LogP contribution >= 0.6 is 0 Å². The van der Waals surface area contributed by atoms with Gasteiger partial charge in [0.05, 0.1) is 32.0 Å². The minimum absolute atomic E-state index is 0.749. The Bertz CT molecular complexity index is 942. The molecular weight excluding hydrogens is 594 g/mol. The molecule has 1 amide bonds. The number of carbonyl (C=O) groups excluding carboxylic acids is 1. The predicted octanol–water partition coefficient (Wildman–Crippen LogP) is -8.22. The van der Waals surface area contributed by atoms with Gasteiger partial charge < -0.3 is 90.3 Å². The zero-order chi connectivity index (χ0) is 32.4. The van der Waals surface area contributed by atoms with Crippen molar-refractivity contribution in [2.75, 3.05) is 19.8 Å². The van der Waals surface area contributed by atoms with Gasteiger partial charge in [-0.05, 0) is 0 Å². The third-order valence-corrected chi connectivity index (χ3v) is 7.47. The van der Waals surface area contributed by atoms with Gasteiger partial charge in [-0.15, -0.1) is 0 Å². The molecule has 0 bridgehead atoms. The zero-order valence-corrected chi connectivity index (χ0v) is 22.7. The number of hydrogen-bond donors (Lipinski definition) is 13. The van der Waals surface area contributed by atoms with E-state index in [-0.39, 0.29) is 0 Å². The summed E-state index contributed by atoms with van der Waals surface area (Å²) in [6.45, 7) is -1.85. The number of rotatable bonds is 11. The number of aliphatic hydroxyl groups is 11. The molecular formula is C23H39NO19. The summed E-state index contributed by atoms with van der Waals surface area (Å²) in [5.41, 5.74) is 0. The normalized spacial score (nSPS) is 45.3. The first-order valence-electron chi connectivity index (χ1n) is 13.2. The lowest BCUT2D eigenvalue weighted by molar-refractivity contribution is -0.385. The summed E-state index contributed by atoms with van der Waals surface area (Å²) in [5, 5.41) is 124. The molecule has 0 radical (unpaired) electrons. The van der Waals surface area contributed by atoms with E-state index in [1.165, 1.54) is 0 Å². The SMILES string of the molecule is CC(=O)N[C@H]1C([C@H](O)[C@H](O)CO)O[C@@](OC2[C@@H](O)C(CO)O[C@@H](O[C@@H]3C(CO)O[C@@H](O)[C@@H](O)C3O)[C@H]2O)(C(=O)O)C[C@H]1O. The number of ether oxygens (including phenoxy) is 5. The number of carboxylic acids is 1. The maximum absolute atomic E-state index is 12.5. The molecule has 3 aliphatic rings. The Morgan fingerprint density at radius 1 is 0.907 bits per heavy atom. The molecule has 5 unspecified atom stereocenters. The summed E-state index contributed by atoms with van der Waals surface area (Å²) in [5.74, 6) is -5.74. The third kappa shape index (κ3) is 7.41. The van der Waals surface area contributed by atoms with Gasteiger partial charge >= 0.3 is 5.97 Å². The Hall–Kier alpha value is -1.70. The molecule has 0 spiro atoms. The summed E-state index contributed by atoms with van der Waals surface area (Å²) in [7, 11) is 0. The highest BCUT2D eigenvalue weighted by atomic mass is 16.8. The Balaban J connectivity index is 1.94. The van der Waals surface area contributed by atoms with E-state index in [0.29, 0.717) is 0 Å². The smallest absolute Gasteiger partial charge is 0.364 e. The van der Waals surface area contributed by atoms with Crippen molar-refractivity contribution < 1.29 is 94.6 Å². The van der Waals surface area contributed by atoms with Crippen molar-refractivity contribution in [2.24, 2.45) is 0 Å². The van der Waals surface area contributed by atoms with E-state index < -0.39 is 136 Å². The minimum Gasteiger partial charge on any atom is -0.477 e. The van der Waals surface area contributed by atoms with Gasteiger partial charge in [-0.25, -0.2) is 4.79 Å². The Morgan fingerprint density at radius 2 is 1.53 bits per heavy atom. The van der Waals surface area contributed by atoms with Crippen LogP contribution in [-0.4, -0.2) is 191 Å². The number of aliphatic carboxylic acids is 1. The van der Waals surface area contributed by atoms with Crippen molar-refractivity contribution in [1.82, 2.24) is 5.32 Å². The first kappa shape index (κ1) is 35.8. The Labute approximate surface area is 243 Å². The van der Waals surface area contributed by atoms with Crippen LogP contribution in [0, 0.1) is 0 Å². The molecule has 3 aliphatic heterocycles.